The van der Waals surface area contributed by atoms with Gasteiger partial charge in [-0.25, -0.2) is 9.97 Å². The number of hydrogen-bond acceptors (Lipinski definition) is 6. The van der Waals surface area contributed by atoms with E-state index in [9.17, 15) is 5.11 Å². The number of phenolic OH excluding ortho intramolecular Hbond substituents is 1. The van der Waals surface area contributed by atoms with Crippen LogP contribution < -0.4 is 11.1 Å². The third-order valence-electron chi connectivity index (χ3n) is 4.89. The largest absolute Gasteiger partial charge is 0.507 e. The van der Waals surface area contributed by atoms with Crippen molar-refractivity contribution in [1.82, 2.24) is 15.0 Å². The van der Waals surface area contributed by atoms with E-state index in [1.165, 1.54) is 0 Å². The van der Waals surface area contributed by atoms with Crippen LogP contribution in [0.1, 0.15) is 13.3 Å². The molecule has 29 heavy (non-hydrogen) atoms. The van der Waals surface area contributed by atoms with Crippen LogP contribution in [-0.2, 0) is 0 Å². The van der Waals surface area contributed by atoms with Crippen molar-refractivity contribution in [2.75, 3.05) is 11.9 Å². The Balaban J connectivity index is 1.81. The molecule has 1 atom stereocenters. The molecule has 0 bridgehead atoms. The van der Waals surface area contributed by atoms with Gasteiger partial charge in [0.1, 0.15) is 11.6 Å². The molecule has 0 fully saturated rings. The highest BCUT2D eigenvalue weighted by Crippen LogP contribution is 2.33. The van der Waals surface area contributed by atoms with Crippen LogP contribution in [0.2, 0.25) is 0 Å². The van der Waals surface area contributed by atoms with Crippen molar-refractivity contribution in [3.8, 4) is 28.3 Å². The molecule has 0 radical (unpaired) electrons. The van der Waals surface area contributed by atoms with E-state index in [0.717, 1.165) is 28.5 Å². The zero-order valence-corrected chi connectivity index (χ0v) is 16.2. The van der Waals surface area contributed by atoms with E-state index in [0.29, 0.717) is 23.8 Å². The third-order valence-corrected chi connectivity index (χ3v) is 4.89. The Morgan fingerprint density at radius 3 is 2.69 bits per heavy atom. The number of aromatic hydroxyl groups is 1. The summed E-state index contributed by atoms with van der Waals surface area (Å²) >= 11 is 0. The molecule has 2 aromatic heterocycles. The van der Waals surface area contributed by atoms with Crippen molar-refractivity contribution in [1.29, 1.82) is 0 Å². The highest BCUT2D eigenvalue weighted by molar-refractivity contribution is 5.91. The molecule has 0 aliphatic rings. The number of para-hydroxylation sites is 1. The van der Waals surface area contributed by atoms with Crippen LogP contribution >= 0.6 is 0 Å². The molecular weight excluding hydrogens is 362 g/mol. The number of pyridine rings is 1. The summed E-state index contributed by atoms with van der Waals surface area (Å²) in [5.74, 6) is 1.30. The molecule has 4 rings (SSSR count). The summed E-state index contributed by atoms with van der Waals surface area (Å²) in [5, 5.41) is 14.8. The molecule has 0 saturated carbocycles. The molecule has 2 heterocycles. The Labute approximate surface area is 169 Å². The average Bonchev–Trinajstić information content (AvgIpc) is 2.78. The molecule has 0 aliphatic carbocycles. The number of rotatable bonds is 6. The Hall–Kier alpha value is -3.51. The van der Waals surface area contributed by atoms with E-state index in [4.69, 9.17) is 15.7 Å². The number of fused-ring (bicyclic) bond motifs is 1. The molecule has 4 aromatic rings. The predicted molar refractivity (Wildman–Crippen MR) is 117 cm³/mol. The van der Waals surface area contributed by atoms with Crippen molar-refractivity contribution in [2.45, 2.75) is 19.4 Å². The summed E-state index contributed by atoms with van der Waals surface area (Å²) in [4.78, 5) is 13.6. The van der Waals surface area contributed by atoms with Gasteiger partial charge in [-0.1, -0.05) is 31.2 Å². The van der Waals surface area contributed by atoms with Crippen LogP contribution in [0.4, 0.5) is 5.82 Å². The average molecular weight is 385 g/mol. The number of nitrogens with two attached hydrogens (primary N) is 1. The monoisotopic (exact) mass is 385 g/mol. The summed E-state index contributed by atoms with van der Waals surface area (Å²) in [6, 6.07) is 17.1. The van der Waals surface area contributed by atoms with Gasteiger partial charge in [-0.3, -0.25) is 4.98 Å². The van der Waals surface area contributed by atoms with Gasteiger partial charge in [0.25, 0.3) is 0 Å². The van der Waals surface area contributed by atoms with E-state index < -0.39 is 0 Å². The first-order chi connectivity index (χ1) is 14.2. The minimum Gasteiger partial charge on any atom is -0.507 e. The van der Waals surface area contributed by atoms with Gasteiger partial charge in [0.15, 0.2) is 5.82 Å². The van der Waals surface area contributed by atoms with E-state index in [2.05, 4.69) is 17.2 Å². The quantitative estimate of drug-likeness (QED) is 0.460. The Morgan fingerprint density at radius 2 is 1.90 bits per heavy atom. The molecule has 6 heteroatoms. The minimum absolute atomic E-state index is 0.0366. The summed E-state index contributed by atoms with van der Waals surface area (Å²) in [6.07, 6.45) is 4.39. The van der Waals surface area contributed by atoms with Gasteiger partial charge >= 0.3 is 0 Å². The molecule has 0 amide bonds. The van der Waals surface area contributed by atoms with Gasteiger partial charge in [-0.15, -0.1) is 0 Å². The molecular formula is C23H23N5O. The van der Waals surface area contributed by atoms with Crippen molar-refractivity contribution in [3.05, 3.63) is 67.0 Å². The van der Waals surface area contributed by atoms with Gasteiger partial charge in [-0.2, -0.15) is 0 Å². The van der Waals surface area contributed by atoms with Crippen LogP contribution in [-0.4, -0.2) is 32.6 Å². The molecule has 146 valence electrons. The maximum absolute atomic E-state index is 10.5. The Morgan fingerprint density at radius 1 is 1.03 bits per heavy atom. The summed E-state index contributed by atoms with van der Waals surface area (Å²) < 4.78 is 0. The molecule has 4 N–H and O–H groups in total. The lowest BCUT2D eigenvalue weighted by molar-refractivity contribution is 0.477. The number of anilines is 1. The van der Waals surface area contributed by atoms with Gasteiger partial charge in [0.05, 0.1) is 11.1 Å². The lowest BCUT2D eigenvalue weighted by Crippen LogP contribution is -2.28. The Bertz CT molecular complexity index is 1130. The number of aromatic nitrogens is 3. The van der Waals surface area contributed by atoms with Crippen molar-refractivity contribution >= 4 is 16.7 Å². The first-order valence-corrected chi connectivity index (χ1v) is 9.65. The highest BCUT2D eigenvalue weighted by Gasteiger charge is 2.14. The van der Waals surface area contributed by atoms with Gasteiger partial charge in [0, 0.05) is 35.9 Å². The van der Waals surface area contributed by atoms with E-state index in [1.54, 1.807) is 18.5 Å². The summed E-state index contributed by atoms with van der Waals surface area (Å²) in [7, 11) is 0. The topological polar surface area (TPSA) is 97.0 Å². The van der Waals surface area contributed by atoms with Gasteiger partial charge in [-0.05, 0) is 42.3 Å². The maximum Gasteiger partial charge on any atom is 0.165 e. The lowest BCUT2D eigenvalue weighted by atomic mass is 10.0. The normalized spacial score (nSPS) is 12.1. The zero-order chi connectivity index (χ0) is 20.2. The van der Waals surface area contributed by atoms with Crippen molar-refractivity contribution in [3.63, 3.8) is 0 Å². The standard InChI is InChI=1S/C23H23N5O/c1-2-17(24)14-26-22-18-7-3-4-8-20(18)27-23(28-22)19-12-15(9-10-21(19)29)16-6-5-11-25-13-16/h3-13,17,29H,2,14,24H2,1H3,(H,26,27,28). The fourth-order valence-corrected chi connectivity index (χ4v) is 3.13. The second-order valence-electron chi connectivity index (χ2n) is 6.94. The fraction of sp³-hybridized carbons (Fsp3) is 0.174. The zero-order valence-electron chi connectivity index (χ0n) is 16.2. The van der Waals surface area contributed by atoms with Crippen LogP contribution in [0.5, 0.6) is 5.75 Å². The highest BCUT2D eigenvalue weighted by atomic mass is 16.3. The smallest absolute Gasteiger partial charge is 0.165 e. The minimum atomic E-state index is 0.0366. The predicted octanol–water partition coefficient (Wildman–Crippen LogP) is 4.21. The van der Waals surface area contributed by atoms with Crippen LogP contribution in [0.3, 0.4) is 0 Å². The van der Waals surface area contributed by atoms with Crippen molar-refractivity contribution < 1.29 is 5.11 Å². The second kappa shape index (κ2) is 8.24. The van der Waals surface area contributed by atoms with E-state index >= 15 is 0 Å². The molecule has 1 unspecified atom stereocenters. The number of nitrogens with one attached hydrogen (secondary N) is 1. The first kappa shape index (κ1) is 18.8. The molecule has 6 nitrogen and oxygen atoms in total. The Kier molecular flexibility index (Phi) is 5.35. The molecule has 0 saturated heterocycles. The van der Waals surface area contributed by atoms with E-state index in [-0.39, 0.29) is 11.8 Å². The summed E-state index contributed by atoms with van der Waals surface area (Å²) in [6.45, 7) is 2.66. The van der Waals surface area contributed by atoms with Crippen LogP contribution in [0.25, 0.3) is 33.4 Å². The number of phenols is 1. The SMILES string of the molecule is CCC(N)CNc1nc(-c2cc(-c3cccnc3)ccc2O)nc2ccccc12. The number of nitrogens with zero attached hydrogens (tertiary/aromatic N) is 3. The summed E-state index contributed by atoms with van der Waals surface area (Å²) in [5.41, 5.74) is 9.34. The second-order valence-corrected chi connectivity index (χ2v) is 6.94. The molecule has 0 spiro atoms. The molecule has 2 aromatic carbocycles. The molecule has 0 aliphatic heterocycles. The van der Waals surface area contributed by atoms with Crippen LogP contribution in [0.15, 0.2) is 67.0 Å². The van der Waals surface area contributed by atoms with Gasteiger partial charge < -0.3 is 16.2 Å². The first-order valence-electron chi connectivity index (χ1n) is 9.65. The van der Waals surface area contributed by atoms with E-state index in [1.807, 2.05) is 48.5 Å². The maximum atomic E-state index is 10.5. The van der Waals surface area contributed by atoms with Crippen LogP contribution in [0, 0.1) is 0 Å². The third kappa shape index (κ3) is 4.02. The van der Waals surface area contributed by atoms with Gasteiger partial charge in [0.2, 0.25) is 0 Å². The lowest BCUT2D eigenvalue weighted by Gasteiger charge is -2.14. The number of hydrogen-bond donors (Lipinski definition) is 3. The number of benzene rings is 2. The fourth-order valence-electron chi connectivity index (χ4n) is 3.13. The van der Waals surface area contributed by atoms with Crippen molar-refractivity contribution in [2.24, 2.45) is 5.73 Å².